The van der Waals surface area contributed by atoms with Crippen molar-refractivity contribution in [2.45, 2.75) is 37.7 Å². The predicted molar refractivity (Wildman–Crippen MR) is 74.5 cm³/mol. The van der Waals surface area contributed by atoms with E-state index in [0.717, 1.165) is 12.1 Å². The Labute approximate surface area is 138 Å². The predicted octanol–water partition coefficient (Wildman–Crippen LogP) is 3.36. The molecule has 0 aromatic heterocycles. The molecular formula is C15H11F6N3O. The number of alkyl halides is 6. The zero-order valence-electron chi connectivity index (χ0n) is 12.7. The van der Waals surface area contributed by atoms with Crippen LogP contribution in [0, 0.1) is 11.3 Å². The quantitative estimate of drug-likeness (QED) is 0.838. The number of ketones is 1. The highest BCUT2D eigenvalue weighted by Gasteiger charge is 2.47. The second kappa shape index (κ2) is 6.06. The van der Waals surface area contributed by atoms with Crippen molar-refractivity contribution in [3.05, 3.63) is 34.9 Å². The molecule has 0 saturated carbocycles. The number of hydrogen-bond acceptors (Lipinski definition) is 4. The SMILES string of the molecule is C[C@@]1(C(=O)Cc2ccc(C#N)c(C(F)(F)F)c2)CC(C(F)(F)F)=NN1. The fraction of sp³-hybridized carbons (Fsp3) is 0.400. The Morgan fingerprint density at radius 3 is 2.40 bits per heavy atom. The lowest BCUT2D eigenvalue weighted by molar-refractivity contribution is -0.138. The van der Waals surface area contributed by atoms with Gasteiger partial charge in [-0.25, -0.2) is 0 Å². The molecule has 1 aliphatic heterocycles. The van der Waals surface area contributed by atoms with Crippen molar-refractivity contribution in [1.82, 2.24) is 5.43 Å². The molecule has 1 aromatic carbocycles. The first-order chi connectivity index (χ1) is 11.4. The Morgan fingerprint density at radius 2 is 1.92 bits per heavy atom. The Morgan fingerprint density at radius 1 is 1.28 bits per heavy atom. The zero-order chi connectivity index (χ0) is 19.0. The van der Waals surface area contributed by atoms with E-state index in [2.05, 4.69) is 10.5 Å². The number of carbonyl (C=O) groups excluding carboxylic acids is 1. The van der Waals surface area contributed by atoms with E-state index in [4.69, 9.17) is 5.26 Å². The average molecular weight is 363 g/mol. The summed E-state index contributed by atoms with van der Waals surface area (Å²) in [5.74, 6) is -0.742. The Bertz CT molecular complexity index is 775. The molecule has 0 radical (unpaired) electrons. The maximum atomic E-state index is 12.9. The van der Waals surface area contributed by atoms with Crippen LogP contribution in [0.3, 0.4) is 0 Å². The molecule has 0 amide bonds. The fourth-order valence-corrected chi connectivity index (χ4v) is 2.34. The van der Waals surface area contributed by atoms with E-state index in [1.807, 2.05) is 0 Å². The number of carbonyl (C=O) groups is 1. The van der Waals surface area contributed by atoms with Crippen LogP contribution in [0.1, 0.15) is 30.0 Å². The van der Waals surface area contributed by atoms with Crippen molar-refractivity contribution >= 4 is 11.5 Å². The Hall–Kier alpha value is -2.57. The molecule has 0 aliphatic carbocycles. The van der Waals surface area contributed by atoms with E-state index in [-0.39, 0.29) is 5.56 Å². The minimum Gasteiger partial charge on any atom is -0.297 e. The molecule has 4 nitrogen and oxygen atoms in total. The van der Waals surface area contributed by atoms with E-state index in [9.17, 15) is 31.1 Å². The summed E-state index contributed by atoms with van der Waals surface area (Å²) in [4.78, 5) is 12.3. The summed E-state index contributed by atoms with van der Waals surface area (Å²) in [5.41, 5.74) is -2.54. The lowest BCUT2D eigenvalue weighted by Crippen LogP contribution is -2.45. The number of nitrogens with one attached hydrogen (secondary N) is 1. The maximum Gasteiger partial charge on any atom is 0.431 e. The van der Waals surface area contributed by atoms with Gasteiger partial charge in [0, 0.05) is 12.8 Å². The van der Waals surface area contributed by atoms with Crippen LogP contribution in [0.25, 0.3) is 0 Å². The van der Waals surface area contributed by atoms with Gasteiger partial charge in [0.25, 0.3) is 0 Å². The Kier molecular flexibility index (Phi) is 4.55. The van der Waals surface area contributed by atoms with Crippen LogP contribution in [-0.2, 0) is 17.4 Å². The summed E-state index contributed by atoms with van der Waals surface area (Å²) in [5, 5.41) is 11.8. The average Bonchev–Trinajstić information content (AvgIpc) is 2.90. The third-order valence-electron chi connectivity index (χ3n) is 3.78. The molecule has 1 atom stereocenters. The first-order valence-corrected chi connectivity index (χ1v) is 6.91. The van der Waals surface area contributed by atoms with Gasteiger partial charge in [-0.05, 0) is 24.6 Å². The van der Waals surface area contributed by atoms with Crippen LogP contribution in [0.4, 0.5) is 26.3 Å². The van der Waals surface area contributed by atoms with Gasteiger partial charge >= 0.3 is 12.4 Å². The highest BCUT2D eigenvalue weighted by Crippen LogP contribution is 2.33. The lowest BCUT2D eigenvalue weighted by atomic mass is 9.87. The largest absolute Gasteiger partial charge is 0.431 e. The van der Waals surface area contributed by atoms with Crippen molar-refractivity contribution in [1.29, 1.82) is 5.26 Å². The number of hydrazone groups is 1. The molecule has 1 aliphatic rings. The van der Waals surface area contributed by atoms with E-state index >= 15 is 0 Å². The van der Waals surface area contributed by atoms with Crippen LogP contribution in [0.15, 0.2) is 23.3 Å². The molecule has 10 heteroatoms. The first kappa shape index (κ1) is 18.8. The molecule has 0 bridgehead atoms. The standard InChI is InChI=1S/C15H11F6N3O/c1-13(6-11(23-24-13)15(19,20)21)12(25)5-8-2-3-9(7-22)10(4-8)14(16,17)18/h2-4,24H,5-6H2,1H3/t13-/m0/s1. The molecule has 1 N–H and O–H groups in total. The highest BCUT2D eigenvalue weighted by molar-refractivity contribution is 6.00. The fourth-order valence-electron chi connectivity index (χ4n) is 2.34. The molecule has 25 heavy (non-hydrogen) atoms. The van der Waals surface area contributed by atoms with Crippen LogP contribution in [0.2, 0.25) is 0 Å². The lowest BCUT2D eigenvalue weighted by Gasteiger charge is -2.22. The van der Waals surface area contributed by atoms with Gasteiger partial charge in [0.1, 0.15) is 11.3 Å². The van der Waals surface area contributed by atoms with Crippen molar-refractivity contribution in [3.63, 3.8) is 0 Å². The number of nitrogens with zero attached hydrogens (tertiary/aromatic N) is 2. The van der Waals surface area contributed by atoms with Crippen molar-refractivity contribution < 1.29 is 31.1 Å². The second-order valence-electron chi connectivity index (χ2n) is 5.77. The minimum absolute atomic E-state index is 0.0557. The monoisotopic (exact) mass is 363 g/mol. The molecule has 1 aromatic rings. The van der Waals surface area contributed by atoms with Crippen molar-refractivity contribution in [2.24, 2.45) is 5.10 Å². The number of rotatable bonds is 3. The summed E-state index contributed by atoms with van der Waals surface area (Å²) in [7, 11) is 0. The Balaban J connectivity index is 2.21. The third-order valence-corrected chi connectivity index (χ3v) is 3.78. The van der Waals surface area contributed by atoms with Crippen LogP contribution < -0.4 is 5.43 Å². The van der Waals surface area contributed by atoms with E-state index in [1.54, 1.807) is 0 Å². The smallest absolute Gasteiger partial charge is 0.297 e. The summed E-state index contributed by atoms with van der Waals surface area (Å²) in [6.07, 6.45) is -10.7. The van der Waals surface area contributed by atoms with E-state index in [1.165, 1.54) is 13.0 Å². The maximum absolute atomic E-state index is 12.9. The normalized spacial score (nSPS) is 20.6. The molecule has 1 heterocycles. The molecule has 134 valence electrons. The molecule has 0 unspecified atom stereocenters. The van der Waals surface area contributed by atoms with E-state index < -0.39 is 53.4 Å². The number of Topliss-reactive ketones (excluding diaryl/α,β-unsaturated/α-hetero) is 1. The summed E-state index contributed by atoms with van der Waals surface area (Å²) in [6.45, 7) is 1.20. The third kappa shape index (κ3) is 3.92. The molecule has 0 saturated heterocycles. The van der Waals surface area contributed by atoms with Gasteiger partial charge < -0.3 is 0 Å². The van der Waals surface area contributed by atoms with Gasteiger partial charge in [-0.3, -0.25) is 10.2 Å². The van der Waals surface area contributed by atoms with E-state index in [0.29, 0.717) is 6.07 Å². The summed E-state index contributed by atoms with van der Waals surface area (Å²) in [6, 6.07) is 4.15. The van der Waals surface area contributed by atoms with Crippen LogP contribution >= 0.6 is 0 Å². The molecular weight excluding hydrogens is 352 g/mol. The topological polar surface area (TPSA) is 65.2 Å². The summed E-state index contributed by atoms with van der Waals surface area (Å²) >= 11 is 0. The van der Waals surface area contributed by atoms with Crippen LogP contribution in [-0.4, -0.2) is 23.2 Å². The molecule has 0 fully saturated rings. The second-order valence-corrected chi connectivity index (χ2v) is 5.77. The number of benzene rings is 1. The van der Waals surface area contributed by atoms with Crippen molar-refractivity contribution in [3.8, 4) is 6.07 Å². The zero-order valence-corrected chi connectivity index (χ0v) is 12.7. The van der Waals surface area contributed by atoms with Gasteiger partial charge in [0.2, 0.25) is 0 Å². The van der Waals surface area contributed by atoms with Gasteiger partial charge in [-0.1, -0.05) is 6.07 Å². The number of halogens is 6. The minimum atomic E-state index is -4.79. The van der Waals surface area contributed by atoms with Gasteiger partial charge in [0.15, 0.2) is 5.78 Å². The molecule has 2 rings (SSSR count). The van der Waals surface area contributed by atoms with Gasteiger partial charge in [-0.2, -0.15) is 36.7 Å². The molecule has 0 spiro atoms. The van der Waals surface area contributed by atoms with Gasteiger partial charge in [-0.15, -0.1) is 0 Å². The van der Waals surface area contributed by atoms with Crippen molar-refractivity contribution in [2.75, 3.05) is 0 Å². The first-order valence-electron chi connectivity index (χ1n) is 6.91. The van der Waals surface area contributed by atoms with Crippen LogP contribution in [0.5, 0.6) is 0 Å². The van der Waals surface area contributed by atoms with Gasteiger partial charge in [0.05, 0.1) is 17.2 Å². The number of hydrogen-bond donors (Lipinski definition) is 1. The highest BCUT2D eigenvalue weighted by atomic mass is 19.4. The number of nitriles is 1. The summed E-state index contributed by atoms with van der Waals surface area (Å²) < 4.78 is 76.6.